The number of hydrogen-bond donors (Lipinski definition) is 1. The van der Waals surface area contributed by atoms with Gasteiger partial charge in [-0.3, -0.25) is 9.59 Å². The van der Waals surface area contributed by atoms with Gasteiger partial charge < -0.3 is 28.5 Å². The van der Waals surface area contributed by atoms with E-state index in [-0.39, 0.29) is 32.2 Å². The topological polar surface area (TPSA) is 108 Å². The Kier molecular flexibility index (Phi) is 65.6. The Morgan fingerprint density at radius 2 is 0.655 bits per heavy atom. The molecule has 0 heterocycles. The van der Waals surface area contributed by atoms with Gasteiger partial charge in [0.25, 0.3) is 6.29 Å². The second-order valence-corrected chi connectivity index (χ2v) is 25.9. The Balaban J connectivity index is 4.08. The summed E-state index contributed by atoms with van der Waals surface area (Å²) < 4.78 is 23.0. The lowest BCUT2D eigenvalue weighted by atomic mass is 10.0. The summed E-state index contributed by atoms with van der Waals surface area (Å²) >= 11 is 0. The first-order valence-electron chi connectivity index (χ1n) is 36.8. The minimum atomic E-state index is -1.51. The number of allylic oxidation sites excluding steroid dienone is 14. The van der Waals surface area contributed by atoms with Crippen LogP contribution in [0.1, 0.15) is 335 Å². The fraction of sp³-hybridized carbons (Fsp3) is 0.782. The number of carbonyl (C=O) groups is 3. The summed E-state index contributed by atoms with van der Waals surface area (Å²) in [6.45, 7) is 4.80. The maximum absolute atomic E-state index is 13.0. The van der Waals surface area contributed by atoms with E-state index < -0.39 is 24.3 Å². The summed E-state index contributed by atoms with van der Waals surface area (Å²) in [6, 6.07) is 0. The molecule has 504 valence electrons. The molecule has 0 aliphatic heterocycles. The largest absolute Gasteiger partial charge is 0.477 e. The number of carbonyl (C=O) groups excluding carboxylic acids is 2. The molecule has 0 aliphatic rings. The van der Waals surface area contributed by atoms with Crippen molar-refractivity contribution in [3.63, 3.8) is 0 Å². The number of nitrogens with zero attached hydrogens (tertiary/aromatic N) is 1. The van der Waals surface area contributed by atoms with Crippen LogP contribution in [0, 0.1) is 0 Å². The lowest BCUT2D eigenvalue weighted by Gasteiger charge is -2.25. The summed E-state index contributed by atoms with van der Waals surface area (Å²) in [6.07, 6.45) is 89.9. The fourth-order valence-electron chi connectivity index (χ4n) is 10.5. The first kappa shape index (κ1) is 83.5. The van der Waals surface area contributed by atoms with Gasteiger partial charge >= 0.3 is 17.9 Å². The number of rotatable bonds is 68. The molecule has 0 saturated carbocycles. The van der Waals surface area contributed by atoms with E-state index in [1.165, 1.54) is 225 Å². The zero-order chi connectivity index (χ0) is 63.3. The standard InChI is InChI=1S/C78H139NO8/c1-6-8-10-12-14-16-18-20-22-24-26-28-30-32-34-36-38-40-42-44-46-48-50-52-54-56-58-60-62-64-66-68-75(80)85-72-74(73-86-78(77(82)83)84-71-70-79(3,4)5)87-76(81)69-67-65-63-61-59-57-55-53-51-49-47-45-43-41-39-37-35-33-31-29-27-25-23-21-19-17-15-13-11-9-7-2/h9,11,15,17,21,23-24,26-27,29,33,35,39,41,74,78H,6-8,10,12-14,16,18-20,22,25,28,30-32,34,36-38,40,42-73H2,1-5H3/p+1/b11-9-,17-15-,23-21-,26-24-,29-27-,35-33-,41-39-. The van der Waals surface area contributed by atoms with E-state index in [1.54, 1.807) is 0 Å². The van der Waals surface area contributed by atoms with Crippen LogP contribution in [0.5, 0.6) is 0 Å². The van der Waals surface area contributed by atoms with E-state index in [4.69, 9.17) is 18.9 Å². The molecule has 0 rings (SSSR count). The van der Waals surface area contributed by atoms with Gasteiger partial charge in [-0.2, -0.15) is 0 Å². The zero-order valence-corrected chi connectivity index (χ0v) is 57.7. The van der Waals surface area contributed by atoms with Gasteiger partial charge in [0, 0.05) is 12.8 Å². The highest BCUT2D eigenvalue weighted by Gasteiger charge is 2.25. The second-order valence-electron chi connectivity index (χ2n) is 25.9. The SMILES string of the molecule is CC/C=C\C/C=C\C/C=C\C/C=C\C/C=C\C/C=C\CCCCCCCCCCCCCCC(=O)OC(COC(=O)CCCCCCCCCCCCCCCCCCCCC/C=C\CCCCCCCCCC)COC(OCC[N+](C)(C)C)C(=O)O. The number of esters is 2. The molecule has 0 saturated heterocycles. The van der Waals surface area contributed by atoms with Crippen LogP contribution in [0.25, 0.3) is 0 Å². The minimum absolute atomic E-state index is 0.182. The van der Waals surface area contributed by atoms with E-state index in [2.05, 4.69) is 98.9 Å². The smallest absolute Gasteiger partial charge is 0.361 e. The van der Waals surface area contributed by atoms with E-state index in [0.717, 1.165) is 83.5 Å². The van der Waals surface area contributed by atoms with Crippen LogP contribution >= 0.6 is 0 Å². The van der Waals surface area contributed by atoms with Crippen LogP contribution in [0.3, 0.4) is 0 Å². The van der Waals surface area contributed by atoms with Crippen LogP contribution in [-0.4, -0.2) is 87.4 Å². The third-order valence-electron chi connectivity index (χ3n) is 16.1. The van der Waals surface area contributed by atoms with Crippen LogP contribution in [-0.2, 0) is 33.3 Å². The fourth-order valence-corrected chi connectivity index (χ4v) is 10.5. The van der Waals surface area contributed by atoms with Crippen molar-refractivity contribution in [1.29, 1.82) is 0 Å². The molecule has 2 unspecified atom stereocenters. The Hall–Kier alpha value is -3.53. The number of ether oxygens (including phenoxy) is 4. The summed E-state index contributed by atoms with van der Waals surface area (Å²) in [5.41, 5.74) is 0. The van der Waals surface area contributed by atoms with Crippen molar-refractivity contribution in [3.05, 3.63) is 85.1 Å². The Morgan fingerprint density at radius 1 is 0.356 bits per heavy atom. The maximum Gasteiger partial charge on any atom is 0.361 e. The molecule has 0 aromatic heterocycles. The van der Waals surface area contributed by atoms with Crippen LogP contribution in [0.4, 0.5) is 0 Å². The number of likely N-dealkylation sites (N-methyl/N-ethyl adjacent to an activating group) is 1. The molecule has 0 aromatic carbocycles. The van der Waals surface area contributed by atoms with Crippen molar-refractivity contribution in [2.75, 3.05) is 47.5 Å². The number of quaternary nitrogens is 1. The van der Waals surface area contributed by atoms with Crippen LogP contribution in [0.15, 0.2) is 85.1 Å². The van der Waals surface area contributed by atoms with Crippen LogP contribution < -0.4 is 0 Å². The van der Waals surface area contributed by atoms with E-state index in [0.29, 0.717) is 17.4 Å². The van der Waals surface area contributed by atoms with E-state index in [1.807, 2.05) is 21.1 Å². The lowest BCUT2D eigenvalue weighted by molar-refractivity contribution is -0.870. The van der Waals surface area contributed by atoms with Gasteiger partial charge in [-0.15, -0.1) is 0 Å². The predicted molar refractivity (Wildman–Crippen MR) is 373 cm³/mol. The lowest BCUT2D eigenvalue weighted by Crippen LogP contribution is -2.40. The third kappa shape index (κ3) is 69.8. The van der Waals surface area contributed by atoms with E-state index in [9.17, 15) is 19.5 Å². The molecule has 0 aliphatic carbocycles. The molecule has 9 nitrogen and oxygen atoms in total. The minimum Gasteiger partial charge on any atom is -0.477 e. The Labute approximate surface area is 538 Å². The monoisotopic (exact) mass is 1220 g/mol. The molecular weight excluding hydrogens is 1080 g/mol. The Morgan fingerprint density at radius 3 is 0.989 bits per heavy atom. The van der Waals surface area contributed by atoms with Crippen molar-refractivity contribution in [1.82, 2.24) is 0 Å². The average Bonchev–Trinajstić information content (AvgIpc) is 3.56. The molecule has 1 N–H and O–H groups in total. The first-order valence-corrected chi connectivity index (χ1v) is 36.8. The van der Waals surface area contributed by atoms with Crippen LogP contribution in [0.2, 0.25) is 0 Å². The number of unbranched alkanes of at least 4 members (excludes halogenated alkanes) is 39. The van der Waals surface area contributed by atoms with Crippen molar-refractivity contribution in [3.8, 4) is 0 Å². The summed E-state index contributed by atoms with van der Waals surface area (Å²) in [7, 11) is 5.98. The normalized spacial score (nSPS) is 13.2. The van der Waals surface area contributed by atoms with Gasteiger partial charge in [0.15, 0.2) is 6.10 Å². The quantitative estimate of drug-likeness (QED) is 0.0211. The van der Waals surface area contributed by atoms with Gasteiger partial charge in [-0.05, 0) is 89.9 Å². The molecule has 87 heavy (non-hydrogen) atoms. The molecule has 0 aromatic rings. The number of carboxylic acids is 1. The molecule has 9 heteroatoms. The molecule has 2 atom stereocenters. The summed E-state index contributed by atoms with van der Waals surface area (Å²) in [5.74, 6) is -1.99. The van der Waals surface area contributed by atoms with Crippen molar-refractivity contribution in [2.24, 2.45) is 0 Å². The average molecular weight is 1220 g/mol. The third-order valence-corrected chi connectivity index (χ3v) is 16.1. The maximum atomic E-state index is 13.0. The van der Waals surface area contributed by atoms with Crippen molar-refractivity contribution in [2.45, 2.75) is 347 Å². The number of aliphatic carboxylic acids is 1. The van der Waals surface area contributed by atoms with Crippen molar-refractivity contribution < 1.29 is 42.9 Å². The molecule has 0 bridgehead atoms. The van der Waals surface area contributed by atoms with Gasteiger partial charge in [-0.1, -0.05) is 317 Å². The highest BCUT2D eigenvalue weighted by Crippen LogP contribution is 2.18. The molecule has 0 spiro atoms. The van der Waals surface area contributed by atoms with Gasteiger partial charge in [0.1, 0.15) is 13.2 Å². The van der Waals surface area contributed by atoms with E-state index >= 15 is 0 Å². The number of carboxylic acid groups (broad SMARTS) is 1. The van der Waals surface area contributed by atoms with Gasteiger partial charge in [-0.25, -0.2) is 4.79 Å². The molecule has 0 radical (unpaired) electrons. The molecule has 0 fully saturated rings. The second kappa shape index (κ2) is 68.4. The van der Waals surface area contributed by atoms with Crippen molar-refractivity contribution >= 4 is 17.9 Å². The van der Waals surface area contributed by atoms with Gasteiger partial charge in [0.05, 0.1) is 34.4 Å². The zero-order valence-electron chi connectivity index (χ0n) is 57.7. The molecule has 0 amide bonds. The Bertz CT molecular complexity index is 1700. The van der Waals surface area contributed by atoms with Gasteiger partial charge in [0.2, 0.25) is 0 Å². The summed E-state index contributed by atoms with van der Waals surface area (Å²) in [4.78, 5) is 37.7. The predicted octanol–water partition coefficient (Wildman–Crippen LogP) is 23.0. The highest BCUT2D eigenvalue weighted by atomic mass is 16.7. The number of hydrogen-bond acceptors (Lipinski definition) is 7. The highest BCUT2D eigenvalue weighted by molar-refractivity contribution is 5.71. The molecular formula is C78H140NO8+. The first-order chi connectivity index (χ1) is 42.6. The summed E-state index contributed by atoms with van der Waals surface area (Å²) in [5, 5.41) is 9.76.